The van der Waals surface area contributed by atoms with Crippen molar-refractivity contribution in [1.82, 2.24) is 4.98 Å². The molecule has 0 bridgehead atoms. The van der Waals surface area contributed by atoms with E-state index in [2.05, 4.69) is 16.9 Å². The summed E-state index contributed by atoms with van der Waals surface area (Å²) in [7, 11) is 2.08. The normalized spacial score (nSPS) is 20.5. The van der Waals surface area contributed by atoms with E-state index < -0.39 is 0 Å². The van der Waals surface area contributed by atoms with Gasteiger partial charge in [-0.25, -0.2) is 4.98 Å². The molecule has 0 spiro atoms. The van der Waals surface area contributed by atoms with Gasteiger partial charge in [0.05, 0.1) is 12.3 Å². The van der Waals surface area contributed by atoms with E-state index in [-0.39, 0.29) is 6.61 Å². The fourth-order valence-electron chi connectivity index (χ4n) is 1.77. The van der Waals surface area contributed by atoms with Crippen LogP contribution in [0.3, 0.4) is 0 Å². The Balaban J connectivity index is 2.13. The lowest BCUT2D eigenvalue weighted by Gasteiger charge is -2.25. The van der Waals surface area contributed by atoms with Crippen LogP contribution in [0.25, 0.3) is 0 Å². The molecule has 0 aliphatic carbocycles. The Kier molecular flexibility index (Phi) is 3.49. The number of aliphatic hydroxyl groups excluding tert-OH is 1. The van der Waals surface area contributed by atoms with Crippen molar-refractivity contribution < 1.29 is 5.11 Å². The average Bonchev–Trinajstić information content (AvgIpc) is 2.81. The van der Waals surface area contributed by atoms with Crippen molar-refractivity contribution in [3.8, 4) is 0 Å². The number of aromatic nitrogens is 1. The molecule has 0 aromatic carbocycles. The third-order valence-electron chi connectivity index (χ3n) is 2.77. The van der Waals surface area contributed by atoms with Gasteiger partial charge in [-0.05, 0) is 24.3 Å². The molecule has 0 radical (unpaired) electrons. The summed E-state index contributed by atoms with van der Waals surface area (Å²) < 4.78 is 0. The lowest BCUT2D eigenvalue weighted by molar-refractivity contribution is 0.277. The van der Waals surface area contributed by atoms with Gasteiger partial charge < -0.3 is 10.0 Å². The maximum absolute atomic E-state index is 9.02. The number of hydrogen-bond donors (Lipinski definition) is 1. The molecule has 0 saturated carbocycles. The zero-order valence-electron chi connectivity index (χ0n) is 8.89. The number of rotatable bonds is 3. The van der Waals surface area contributed by atoms with Gasteiger partial charge in [0, 0.05) is 18.8 Å². The Bertz CT molecular complexity index is 326. The van der Waals surface area contributed by atoms with Crippen LogP contribution in [-0.2, 0) is 6.61 Å². The fourth-order valence-corrected chi connectivity index (χ4v) is 3.03. The minimum absolute atomic E-state index is 0.0150. The van der Waals surface area contributed by atoms with Crippen molar-refractivity contribution in [3.63, 3.8) is 0 Å². The van der Waals surface area contributed by atoms with Gasteiger partial charge in [-0.3, -0.25) is 0 Å². The number of aliphatic hydroxyl groups is 1. The Morgan fingerprint density at radius 3 is 3.13 bits per heavy atom. The van der Waals surface area contributed by atoms with Crippen LogP contribution in [0.4, 0.5) is 5.82 Å². The highest BCUT2D eigenvalue weighted by molar-refractivity contribution is 7.99. The van der Waals surface area contributed by atoms with Gasteiger partial charge in [0.25, 0.3) is 0 Å². The van der Waals surface area contributed by atoms with Crippen LogP contribution < -0.4 is 4.90 Å². The van der Waals surface area contributed by atoms with Gasteiger partial charge in [-0.1, -0.05) is 6.07 Å². The van der Waals surface area contributed by atoms with Gasteiger partial charge in [0.1, 0.15) is 5.82 Å². The van der Waals surface area contributed by atoms with E-state index in [1.54, 1.807) is 0 Å². The van der Waals surface area contributed by atoms with Gasteiger partial charge in [0.2, 0.25) is 0 Å². The Hall–Kier alpha value is -0.740. The monoisotopic (exact) mass is 224 g/mol. The number of pyridine rings is 1. The van der Waals surface area contributed by atoms with Gasteiger partial charge in [-0.15, -0.1) is 0 Å². The Morgan fingerprint density at radius 2 is 2.47 bits per heavy atom. The zero-order chi connectivity index (χ0) is 10.7. The molecule has 1 unspecified atom stereocenters. The summed E-state index contributed by atoms with van der Waals surface area (Å²) in [5.41, 5.74) is 0.741. The Morgan fingerprint density at radius 1 is 1.60 bits per heavy atom. The second-order valence-corrected chi connectivity index (χ2v) is 4.92. The summed E-state index contributed by atoms with van der Waals surface area (Å²) in [4.78, 5) is 6.62. The molecule has 1 N–H and O–H groups in total. The molecule has 2 heterocycles. The molecule has 82 valence electrons. The first kappa shape index (κ1) is 10.8. The summed E-state index contributed by atoms with van der Waals surface area (Å²) in [6.07, 6.45) is 1.23. The molecule has 4 heteroatoms. The van der Waals surface area contributed by atoms with Crippen molar-refractivity contribution in [3.05, 3.63) is 23.9 Å². The second-order valence-electron chi connectivity index (χ2n) is 3.77. The summed E-state index contributed by atoms with van der Waals surface area (Å²) in [5.74, 6) is 3.39. The predicted octanol–water partition coefficient (Wildman–Crippen LogP) is 1.52. The largest absolute Gasteiger partial charge is 0.390 e. The highest BCUT2D eigenvalue weighted by Crippen LogP contribution is 2.24. The third-order valence-corrected chi connectivity index (χ3v) is 3.91. The van der Waals surface area contributed by atoms with Crippen LogP contribution >= 0.6 is 11.8 Å². The topological polar surface area (TPSA) is 36.4 Å². The van der Waals surface area contributed by atoms with Crippen LogP contribution in [0.5, 0.6) is 0 Å². The molecule has 2 rings (SSSR count). The molecule has 1 fully saturated rings. The van der Waals surface area contributed by atoms with E-state index in [0.29, 0.717) is 6.04 Å². The van der Waals surface area contributed by atoms with Gasteiger partial charge >= 0.3 is 0 Å². The number of thioether (sulfide) groups is 1. The molecular formula is C11H16N2OS. The first-order chi connectivity index (χ1) is 7.31. The van der Waals surface area contributed by atoms with E-state index in [9.17, 15) is 0 Å². The number of hydrogen-bond acceptors (Lipinski definition) is 4. The van der Waals surface area contributed by atoms with E-state index in [1.807, 2.05) is 30.0 Å². The van der Waals surface area contributed by atoms with Gasteiger partial charge in [-0.2, -0.15) is 11.8 Å². The minimum Gasteiger partial charge on any atom is -0.390 e. The third kappa shape index (κ3) is 2.44. The molecule has 1 aliphatic heterocycles. The lowest BCUT2D eigenvalue weighted by atomic mass is 10.2. The molecule has 15 heavy (non-hydrogen) atoms. The highest BCUT2D eigenvalue weighted by Gasteiger charge is 2.20. The van der Waals surface area contributed by atoms with Crippen molar-refractivity contribution >= 4 is 17.6 Å². The van der Waals surface area contributed by atoms with E-state index in [0.717, 1.165) is 11.5 Å². The lowest BCUT2D eigenvalue weighted by Crippen LogP contribution is -2.32. The van der Waals surface area contributed by atoms with Crippen molar-refractivity contribution in [2.45, 2.75) is 19.1 Å². The highest BCUT2D eigenvalue weighted by atomic mass is 32.2. The van der Waals surface area contributed by atoms with E-state index in [1.165, 1.54) is 17.9 Å². The Labute approximate surface area is 94.5 Å². The van der Waals surface area contributed by atoms with Crippen molar-refractivity contribution in [2.75, 3.05) is 23.5 Å². The van der Waals surface area contributed by atoms with Crippen molar-refractivity contribution in [1.29, 1.82) is 0 Å². The first-order valence-electron chi connectivity index (χ1n) is 5.18. The zero-order valence-corrected chi connectivity index (χ0v) is 9.70. The SMILES string of the molecule is CN(c1cccc(CO)n1)C1CCSC1. The molecule has 1 aromatic rings. The number of anilines is 1. The quantitative estimate of drug-likeness (QED) is 0.844. The molecule has 0 amide bonds. The molecule has 3 nitrogen and oxygen atoms in total. The van der Waals surface area contributed by atoms with E-state index in [4.69, 9.17) is 5.11 Å². The van der Waals surface area contributed by atoms with Crippen LogP contribution in [0, 0.1) is 0 Å². The van der Waals surface area contributed by atoms with Crippen LogP contribution in [0.2, 0.25) is 0 Å². The van der Waals surface area contributed by atoms with Crippen LogP contribution in [-0.4, -0.2) is 34.7 Å². The van der Waals surface area contributed by atoms with Gasteiger partial charge in [0.15, 0.2) is 0 Å². The first-order valence-corrected chi connectivity index (χ1v) is 6.34. The maximum Gasteiger partial charge on any atom is 0.128 e. The maximum atomic E-state index is 9.02. The predicted molar refractivity (Wildman–Crippen MR) is 64.3 cm³/mol. The van der Waals surface area contributed by atoms with E-state index >= 15 is 0 Å². The molecule has 1 aliphatic rings. The molecule has 1 saturated heterocycles. The smallest absolute Gasteiger partial charge is 0.128 e. The molecule has 1 aromatic heterocycles. The second kappa shape index (κ2) is 4.86. The summed E-state index contributed by atoms with van der Waals surface area (Å²) in [6, 6.07) is 6.39. The standard InChI is InChI=1S/C11H16N2OS/c1-13(10-5-6-15-8-10)11-4-2-3-9(7-14)12-11/h2-4,10,14H,5-8H2,1H3. The summed E-state index contributed by atoms with van der Waals surface area (Å²) in [5, 5.41) is 9.02. The molecular weight excluding hydrogens is 208 g/mol. The summed E-state index contributed by atoms with van der Waals surface area (Å²) in [6.45, 7) is 0.0150. The average molecular weight is 224 g/mol. The van der Waals surface area contributed by atoms with Crippen molar-refractivity contribution in [2.24, 2.45) is 0 Å². The fraction of sp³-hybridized carbons (Fsp3) is 0.545. The minimum atomic E-state index is 0.0150. The number of nitrogens with zero attached hydrogens (tertiary/aromatic N) is 2. The molecule has 1 atom stereocenters. The van der Waals surface area contributed by atoms with Crippen LogP contribution in [0.15, 0.2) is 18.2 Å². The van der Waals surface area contributed by atoms with Crippen LogP contribution in [0.1, 0.15) is 12.1 Å². The summed E-state index contributed by atoms with van der Waals surface area (Å²) >= 11 is 2.00.